The summed E-state index contributed by atoms with van der Waals surface area (Å²) in [6.45, 7) is -0.174. The Bertz CT molecular complexity index is 558. The van der Waals surface area contributed by atoms with Crippen LogP contribution in [0.3, 0.4) is 0 Å². The number of carboxylic acids is 1. The molecule has 0 bridgehead atoms. The van der Waals surface area contributed by atoms with Crippen LogP contribution in [0, 0.1) is 0 Å². The number of hydrogen-bond acceptors (Lipinski definition) is 4. The summed E-state index contributed by atoms with van der Waals surface area (Å²) in [4.78, 5) is 35.2. The summed E-state index contributed by atoms with van der Waals surface area (Å²) in [5, 5.41) is 11.0. The van der Waals surface area contributed by atoms with Gasteiger partial charge in [-0.3, -0.25) is 9.59 Å². The smallest absolute Gasteiger partial charge is 0.329 e. The third-order valence-electron chi connectivity index (χ3n) is 2.97. The molecular formula is C14H16N2O5. The van der Waals surface area contributed by atoms with Crippen LogP contribution in [0.4, 0.5) is 11.4 Å². The quantitative estimate of drug-likeness (QED) is 0.810. The molecule has 7 heteroatoms. The van der Waals surface area contributed by atoms with Gasteiger partial charge < -0.3 is 20.1 Å². The molecule has 1 aliphatic rings. The van der Waals surface area contributed by atoms with Gasteiger partial charge in [-0.1, -0.05) is 6.07 Å². The van der Waals surface area contributed by atoms with E-state index in [1.807, 2.05) is 0 Å². The fourth-order valence-corrected chi connectivity index (χ4v) is 2.10. The minimum absolute atomic E-state index is 0.0725. The number of carboxylic acid groups (broad SMARTS) is 1. The number of anilines is 2. The molecule has 7 nitrogen and oxygen atoms in total. The van der Waals surface area contributed by atoms with Crippen molar-refractivity contribution in [3.63, 3.8) is 0 Å². The predicted molar refractivity (Wildman–Crippen MR) is 75.1 cm³/mol. The molecule has 1 aliphatic heterocycles. The van der Waals surface area contributed by atoms with Crippen molar-refractivity contribution in [1.29, 1.82) is 0 Å². The normalized spacial score (nSPS) is 14.3. The summed E-state index contributed by atoms with van der Waals surface area (Å²) in [7, 11) is 0. The first-order chi connectivity index (χ1) is 10.1. The summed E-state index contributed by atoms with van der Waals surface area (Å²) in [6, 6.07) is 6.95. The van der Waals surface area contributed by atoms with E-state index in [9.17, 15) is 14.4 Å². The minimum Gasteiger partial charge on any atom is -0.480 e. The molecule has 0 spiro atoms. The lowest BCUT2D eigenvalue weighted by Gasteiger charge is -2.16. The van der Waals surface area contributed by atoms with E-state index < -0.39 is 18.5 Å². The van der Waals surface area contributed by atoms with Crippen LogP contribution < -0.4 is 10.2 Å². The predicted octanol–water partition coefficient (Wildman–Crippen LogP) is 0.853. The Hall–Kier alpha value is -2.41. The van der Waals surface area contributed by atoms with Crippen molar-refractivity contribution in [1.82, 2.24) is 0 Å². The second-order valence-electron chi connectivity index (χ2n) is 4.63. The van der Waals surface area contributed by atoms with Gasteiger partial charge in [0.05, 0.1) is 0 Å². The van der Waals surface area contributed by atoms with Crippen molar-refractivity contribution in [2.24, 2.45) is 0 Å². The second-order valence-corrected chi connectivity index (χ2v) is 4.63. The lowest BCUT2D eigenvalue weighted by atomic mass is 10.2. The lowest BCUT2D eigenvalue weighted by molar-refractivity contribution is -0.143. The van der Waals surface area contributed by atoms with Crippen LogP contribution in [0.2, 0.25) is 0 Å². The Balaban J connectivity index is 1.93. The number of carbonyl (C=O) groups excluding carboxylic acids is 2. The zero-order chi connectivity index (χ0) is 15.2. The van der Waals surface area contributed by atoms with Gasteiger partial charge in [0.15, 0.2) is 0 Å². The molecule has 2 rings (SSSR count). The fraction of sp³-hybridized carbons (Fsp3) is 0.357. The Morgan fingerprint density at radius 2 is 2.14 bits per heavy atom. The van der Waals surface area contributed by atoms with Gasteiger partial charge in [-0.25, -0.2) is 4.79 Å². The third kappa shape index (κ3) is 4.28. The second kappa shape index (κ2) is 6.85. The summed E-state index contributed by atoms with van der Waals surface area (Å²) in [5.41, 5.74) is 1.28. The highest BCUT2D eigenvalue weighted by molar-refractivity contribution is 5.97. The van der Waals surface area contributed by atoms with Gasteiger partial charge >= 0.3 is 5.97 Å². The van der Waals surface area contributed by atoms with Crippen LogP contribution in [0.25, 0.3) is 0 Å². The van der Waals surface area contributed by atoms with E-state index in [4.69, 9.17) is 9.84 Å². The van der Waals surface area contributed by atoms with Gasteiger partial charge in [0.25, 0.3) is 0 Å². The SMILES string of the molecule is O=C(O)COCC(=O)Nc1cccc(N2CCCC2=O)c1. The highest BCUT2D eigenvalue weighted by Crippen LogP contribution is 2.24. The van der Waals surface area contributed by atoms with Crippen LogP contribution in [-0.4, -0.2) is 42.6 Å². The van der Waals surface area contributed by atoms with Gasteiger partial charge in [-0.2, -0.15) is 0 Å². The first kappa shape index (κ1) is 15.0. The van der Waals surface area contributed by atoms with Crippen LogP contribution in [0.15, 0.2) is 24.3 Å². The number of benzene rings is 1. The minimum atomic E-state index is -1.13. The highest BCUT2D eigenvalue weighted by Gasteiger charge is 2.21. The molecule has 0 unspecified atom stereocenters. The molecule has 2 N–H and O–H groups in total. The Morgan fingerprint density at radius 1 is 1.33 bits per heavy atom. The average molecular weight is 292 g/mol. The molecule has 1 aromatic carbocycles. The molecule has 112 valence electrons. The van der Waals surface area contributed by atoms with Crippen LogP contribution in [0.1, 0.15) is 12.8 Å². The largest absolute Gasteiger partial charge is 0.480 e. The van der Waals surface area contributed by atoms with E-state index in [2.05, 4.69) is 5.32 Å². The number of amides is 2. The maximum absolute atomic E-state index is 11.7. The monoisotopic (exact) mass is 292 g/mol. The molecule has 1 fully saturated rings. The van der Waals surface area contributed by atoms with Gasteiger partial charge in [0.2, 0.25) is 11.8 Å². The number of carbonyl (C=O) groups is 3. The van der Waals surface area contributed by atoms with E-state index in [0.717, 1.165) is 12.1 Å². The standard InChI is InChI=1S/C14H16N2O5/c17-12(8-21-9-14(19)20)15-10-3-1-4-11(7-10)16-6-2-5-13(16)18/h1,3-4,7H,2,5-6,8-9H2,(H,15,17)(H,19,20). The van der Waals surface area contributed by atoms with Crippen molar-refractivity contribution in [2.45, 2.75) is 12.8 Å². The maximum Gasteiger partial charge on any atom is 0.329 e. The van der Waals surface area contributed by atoms with Gasteiger partial charge in [0, 0.05) is 24.3 Å². The van der Waals surface area contributed by atoms with Crippen molar-refractivity contribution < 1.29 is 24.2 Å². The fourth-order valence-electron chi connectivity index (χ4n) is 2.10. The first-order valence-corrected chi connectivity index (χ1v) is 6.56. The summed E-state index contributed by atoms with van der Waals surface area (Å²) < 4.78 is 4.70. The van der Waals surface area contributed by atoms with Crippen molar-refractivity contribution in [3.05, 3.63) is 24.3 Å². The van der Waals surface area contributed by atoms with E-state index in [1.54, 1.807) is 29.2 Å². The molecule has 0 radical (unpaired) electrons. The number of hydrogen-bond donors (Lipinski definition) is 2. The number of ether oxygens (including phenoxy) is 1. The van der Waals surface area contributed by atoms with Crippen molar-refractivity contribution >= 4 is 29.2 Å². The summed E-state index contributed by atoms with van der Waals surface area (Å²) >= 11 is 0. The number of rotatable bonds is 6. The molecule has 0 saturated carbocycles. The van der Waals surface area contributed by atoms with E-state index >= 15 is 0 Å². The molecule has 2 amide bonds. The van der Waals surface area contributed by atoms with E-state index in [1.165, 1.54) is 0 Å². The zero-order valence-corrected chi connectivity index (χ0v) is 11.4. The van der Waals surface area contributed by atoms with Crippen LogP contribution >= 0.6 is 0 Å². The van der Waals surface area contributed by atoms with Gasteiger partial charge in [0.1, 0.15) is 13.2 Å². The maximum atomic E-state index is 11.7. The third-order valence-corrected chi connectivity index (χ3v) is 2.97. The average Bonchev–Trinajstić information content (AvgIpc) is 2.85. The number of nitrogens with one attached hydrogen (secondary N) is 1. The molecule has 1 aromatic rings. The molecule has 0 aromatic heterocycles. The number of nitrogens with zero attached hydrogens (tertiary/aromatic N) is 1. The highest BCUT2D eigenvalue weighted by atomic mass is 16.5. The molecule has 0 aliphatic carbocycles. The summed E-state index contributed by atoms with van der Waals surface area (Å²) in [6.07, 6.45) is 1.37. The molecular weight excluding hydrogens is 276 g/mol. The van der Waals surface area contributed by atoms with Gasteiger partial charge in [-0.05, 0) is 24.6 Å². The number of aliphatic carboxylic acids is 1. The molecule has 0 atom stereocenters. The van der Waals surface area contributed by atoms with Gasteiger partial charge in [-0.15, -0.1) is 0 Å². The van der Waals surface area contributed by atoms with Crippen LogP contribution in [0.5, 0.6) is 0 Å². The van der Waals surface area contributed by atoms with Crippen molar-refractivity contribution in [3.8, 4) is 0 Å². The topological polar surface area (TPSA) is 95.9 Å². The molecule has 1 saturated heterocycles. The lowest BCUT2D eigenvalue weighted by Crippen LogP contribution is -2.24. The van der Waals surface area contributed by atoms with Crippen LogP contribution in [-0.2, 0) is 19.1 Å². The zero-order valence-electron chi connectivity index (χ0n) is 11.4. The molecule has 21 heavy (non-hydrogen) atoms. The Labute approximate surface area is 121 Å². The summed E-state index contributed by atoms with van der Waals surface area (Å²) in [5.74, 6) is -1.50. The Morgan fingerprint density at radius 3 is 2.81 bits per heavy atom. The molecule has 1 heterocycles. The first-order valence-electron chi connectivity index (χ1n) is 6.56. The Kier molecular flexibility index (Phi) is 4.89. The van der Waals surface area contributed by atoms with Crippen molar-refractivity contribution in [2.75, 3.05) is 30.0 Å². The van der Waals surface area contributed by atoms with E-state index in [0.29, 0.717) is 18.7 Å². The van der Waals surface area contributed by atoms with E-state index in [-0.39, 0.29) is 12.5 Å².